The van der Waals surface area contributed by atoms with Crippen LogP contribution in [0.4, 0.5) is 5.69 Å². The number of hydrogen-bond acceptors (Lipinski definition) is 3. The van der Waals surface area contributed by atoms with Gasteiger partial charge in [-0.1, -0.05) is 38.1 Å². The van der Waals surface area contributed by atoms with Crippen LogP contribution in [0, 0.1) is 12.8 Å². The Bertz CT molecular complexity index is 876. The molecule has 0 aliphatic heterocycles. The highest BCUT2D eigenvalue weighted by atomic mass is 16.2. The molecule has 3 rings (SSSR count). The van der Waals surface area contributed by atoms with E-state index >= 15 is 0 Å². The predicted octanol–water partition coefficient (Wildman–Crippen LogP) is 3.53. The molecule has 148 valence electrons. The molecule has 0 saturated carbocycles. The Morgan fingerprint density at radius 3 is 2.61 bits per heavy atom. The van der Waals surface area contributed by atoms with E-state index in [1.54, 1.807) is 6.07 Å². The Morgan fingerprint density at radius 2 is 1.89 bits per heavy atom. The van der Waals surface area contributed by atoms with Gasteiger partial charge in [0, 0.05) is 11.3 Å². The minimum Gasteiger partial charge on any atom is -0.399 e. The number of aryl methyl sites for hydroxylation is 2. The maximum atomic E-state index is 13.0. The molecule has 2 amide bonds. The van der Waals surface area contributed by atoms with Crippen LogP contribution in [0.15, 0.2) is 42.5 Å². The second-order valence-corrected chi connectivity index (χ2v) is 7.92. The first-order valence-electron chi connectivity index (χ1n) is 9.92. The largest absolute Gasteiger partial charge is 0.399 e. The van der Waals surface area contributed by atoms with Crippen LogP contribution >= 0.6 is 0 Å². The van der Waals surface area contributed by atoms with Crippen LogP contribution < -0.4 is 16.4 Å². The van der Waals surface area contributed by atoms with E-state index < -0.39 is 6.04 Å². The zero-order valence-corrected chi connectivity index (χ0v) is 16.8. The van der Waals surface area contributed by atoms with Crippen molar-refractivity contribution in [2.75, 3.05) is 5.73 Å². The van der Waals surface area contributed by atoms with Gasteiger partial charge in [0.1, 0.15) is 6.04 Å². The van der Waals surface area contributed by atoms with E-state index in [1.807, 2.05) is 57.2 Å². The average Bonchev–Trinajstić information content (AvgIpc) is 2.65. The van der Waals surface area contributed by atoms with Crippen molar-refractivity contribution in [2.45, 2.75) is 52.1 Å². The van der Waals surface area contributed by atoms with Crippen LogP contribution in [0.25, 0.3) is 0 Å². The SMILES string of the molecule is Cc1ccccc1C(=O)NC(C(=O)NC1CCCc2cc(N)ccc21)C(C)C. The van der Waals surface area contributed by atoms with Crippen molar-refractivity contribution in [1.82, 2.24) is 10.6 Å². The molecule has 0 heterocycles. The minimum absolute atomic E-state index is 0.0255. The molecule has 2 unspecified atom stereocenters. The van der Waals surface area contributed by atoms with Crippen LogP contribution in [-0.2, 0) is 11.2 Å². The zero-order chi connectivity index (χ0) is 20.3. The molecule has 5 heteroatoms. The summed E-state index contributed by atoms with van der Waals surface area (Å²) in [5.74, 6) is -0.391. The molecule has 2 aromatic rings. The number of nitrogens with one attached hydrogen (secondary N) is 2. The van der Waals surface area contributed by atoms with Crippen molar-refractivity contribution >= 4 is 17.5 Å². The molecule has 2 atom stereocenters. The van der Waals surface area contributed by atoms with Gasteiger partial charge >= 0.3 is 0 Å². The topological polar surface area (TPSA) is 84.2 Å². The molecule has 1 aliphatic rings. The van der Waals surface area contributed by atoms with Crippen molar-refractivity contribution in [1.29, 1.82) is 0 Å². The van der Waals surface area contributed by atoms with Gasteiger partial charge in [-0.15, -0.1) is 0 Å². The fourth-order valence-electron chi connectivity index (χ4n) is 3.83. The number of carbonyl (C=O) groups is 2. The minimum atomic E-state index is -0.591. The van der Waals surface area contributed by atoms with Crippen LogP contribution in [0.1, 0.15) is 59.8 Å². The monoisotopic (exact) mass is 379 g/mol. The van der Waals surface area contributed by atoms with Crippen molar-refractivity contribution in [2.24, 2.45) is 5.92 Å². The van der Waals surface area contributed by atoms with E-state index in [4.69, 9.17) is 5.73 Å². The lowest BCUT2D eigenvalue weighted by Gasteiger charge is -2.30. The normalized spacial score (nSPS) is 16.9. The third-order valence-corrected chi connectivity index (χ3v) is 5.42. The quantitative estimate of drug-likeness (QED) is 0.695. The lowest BCUT2D eigenvalue weighted by atomic mass is 9.87. The number of hydrogen-bond donors (Lipinski definition) is 3. The molecule has 2 aromatic carbocycles. The fourth-order valence-corrected chi connectivity index (χ4v) is 3.83. The molecule has 4 N–H and O–H groups in total. The smallest absolute Gasteiger partial charge is 0.252 e. The van der Waals surface area contributed by atoms with Gasteiger partial charge in [0.25, 0.3) is 5.91 Å². The summed E-state index contributed by atoms with van der Waals surface area (Å²) in [5.41, 5.74) is 10.5. The summed E-state index contributed by atoms with van der Waals surface area (Å²) in [4.78, 5) is 25.7. The summed E-state index contributed by atoms with van der Waals surface area (Å²) in [6.45, 7) is 5.78. The predicted molar refractivity (Wildman–Crippen MR) is 112 cm³/mol. The van der Waals surface area contributed by atoms with E-state index in [0.717, 1.165) is 36.1 Å². The zero-order valence-electron chi connectivity index (χ0n) is 16.8. The van der Waals surface area contributed by atoms with E-state index in [1.165, 1.54) is 5.56 Å². The van der Waals surface area contributed by atoms with Crippen molar-refractivity contribution < 1.29 is 9.59 Å². The highest BCUT2D eigenvalue weighted by Crippen LogP contribution is 2.31. The molecule has 0 radical (unpaired) electrons. The van der Waals surface area contributed by atoms with Crippen LogP contribution in [0.5, 0.6) is 0 Å². The van der Waals surface area contributed by atoms with Crippen molar-refractivity contribution in [3.8, 4) is 0 Å². The summed E-state index contributed by atoms with van der Waals surface area (Å²) >= 11 is 0. The highest BCUT2D eigenvalue weighted by Gasteiger charge is 2.29. The first kappa shape index (κ1) is 19.9. The van der Waals surface area contributed by atoms with Gasteiger partial charge < -0.3 is 16.4 Å². The molecule has 5 nitrogen and oxygen atoms in total. The van der Waals surface area contributed by atoms with Crippen LogP contribution in [0.2, 0.25) is 0 Å². The molecule has 0 spiro atoms. The first-order valence-corrected chi connectivity index (χ1v) is 9.92. The second-order valence-electron chi connectivity index (χ2n) is 7.92. The fraction of sp³-hybridized carbons (Fsp3) is 0.391. The summed E-state index contributed by atoms with van der Waals surface area (Å²) < 4.78 is 0. The number of amides is 2. The van der Waals surface area contributed by atoms with E-state index in [0.29, 0.717) is 5.56 Å². The molecular weight excluding hydrogens is 350 g/mol. The van der Waals surface area contributed by atoms with Crippen LogP contribution in [0.3, 0.4) is 0 Å². The number of rotatable bonds is 5. The summed E-state index contributed by atoms with van der Waals surface area (Å²) in [6, 6.07) is 12.6. The Kier molecular flexibility index (Phi) is 6.02. The van der Waals surface area contributed by atoms with Gasteiger partial charge in [0.05, 0.1) is 6.04 Å². The number of fused-ring (bicyclic) bond motifs is 1. The maximum Gasteiger partial charge on any atom is 0.252 e. The molecule has 28 heavy (non-hydrogen) atoms. The lowest BCUT2D eigenvalue weighted by Crippen LogP contribution is -2.50. The third kappa shape index (κ3) is 4.35. The summed E-state index contributed by atoms with van der Waals surface area (Å²) in [6.07, 6.45) is 2.87. The summed E-state index contributed by atoms with van der Waals surface area (Å²) in [5, 5.41) is 6.08. The Labute approximate surface area is 166 Å². The van der Waals surface area contributed by atoms with Gasteiger partial charge in [-0.3, -0.25) is 9.59 Å². The van der Waals surface area contributed by atoms with Gasteiger partial charge in [-0.25, -0.2) is 0 Å². The second kappa shape index (κ2) is 8.46. The molecule has 0 fully saturated rings. The van der Waals surface area contributed by atoms with Gasteiger partial charge in [-0.05, 0) is 67.0 Å². The van der Waals surface area contributed by atoms with E-state index in [9.17, 15) is 9.59 Å². The maximum absolute atomic E-state index is 13.0. The molecule has 0 aromatic heterocycles. The Hall–Kier alpha value is -2.82. The van der Waals surface area contributed by atoms with E-state index in [-0.39, 0.29) is 23.8 Å². The summed E-state index contributed by atoms with van der Waals surface area (Å²) in [7, 11) is 0. The number of nitrogen functional groups attached to an aromatic ring is 1. The molecule has 1 aliphatic carbocycles. The molecule has 0 bridgehead atoms. The van der Waals surface area contributed by atoms with E-state index in [2.05, 4.69) is 10.6 Å². The standard InChI is InChI=1S/C23H29N3O2/c1-14(2)21(26-22(27)18-9-5-4-7-15(18)3)23(28)25-20-10-6-8-16-13-17(24)11-12-19(16)20/h4-5,7,9,11-14,20-21H,6,8,10,24H2,1-3H3,(H,25,28)(H,26,27). The number of nitrogens with two attached hydrogens (primary N) is 1. The van der Waals surface area contributed by atoms with Crippen molar-refractivity contribution in [3.63, 3.8) is 0 Å². The lowest BCUT2D eigenvalue weighted by molar-refractivity contribution is -0.124. The number of anilines is 1. The third-order valence-electron chi connectivity index (χ3n) is 5.42. The van der Waals surface area contributed by atoms with Gasteiger partial charge in [0.2, 0.25) is 5.91 Å². The Morgan fingerprint density at radius 1 is 1.14 bits per heavy atom. The van der Waals surface area contributed by atoms with Gasteiger partial charge in [-0.2, -0.15) is 0 Å². The number of benzene rings is 2. The van der Waals surface area contributed by atoms with Gasteiger partial charge in [0.15, 0.2) is 0 Å². The first-order chi connectivity index (χ1) is 13.4. The molecule has 0 saturated heterocycles. The highest BCUT2D eigenvalue weighted by molar-refractivity contribution is 5.98. The van der Waals surface area contributed by atoms with Crippen molar-refractivity contribution in [3.05, 3.63) is 64.7 Å². The number of carbonyl (C=O) groups excluding carboxylic acids is 2. The Balaban J connectivity index is 1.74. The molecular formula is C23H29N3O2. The van der Waals surface area contributed by atoms with Crippen LogP contribution in [-0.4, -0.2) is 17.9 Å². The average molecular weight is 380 g/mol.